The minimum Gasteiger partial charge on any atom is -0.458 e. The van der Waals surface area contributed by atoms with Gasteiger partial charge in [-0.05, 0) is 127 Å². The van der Waals surface area contributed by atoms with Crippen molar-refractivity contribution in [2.45, 2.75) is 117 Å². The highest BCUT2D eigenvalue weighted by Gasteiger charge is 2.31. The summed E-state index contributed by atoms with van der Waals surface area (Å²) in [6.45, 7) is 29.8. The highest BCUT2D eigenvalue weighted by Crippen LogP contribution is 2.41. The maximum atomic E-state index is 7.14. The quantitative estimate of drug-likeness (QED) is 0.101. The second-order valence-corrected chi connectivity index (χ2v) is 24.2. The van der Waals surface area contributed by atoms with Crippen molar-refractivity contribution in [2.75, 3.05) is 0 Å². The van der Waals surface area contributed by atoms with Gasteiger partial charge in [-0.15, -0.1) is 0 Å². The van der Waals surface area contributed by atoms with Crippen molar-refractivity contribution in [3.05, 3.63) is 234 Å². The molecule has 0 saturated carbocycles. The maximum absolute atomic E-state index is 7.14. The first kappa shape index (κ1) is 49.1. The minimum absolute atomic E-state index is 0.0111. The first-order chi connectivity index (χ1) is 34.6. The van der Waals surface area contributed by atoms with Crippen molar-refractivity contribution >= 4 is 21.8 Å². The third kappa shape index (κ3) is 9.54. The van der Waals surface area contributed by atoms with Crippen LogP contribution in [0, 0.1) is 6.33 Å². The van der Waals surface area contributed by atoms with Crippen LogP contribution in [0.1, 0.15) is 129 Å². The van der Waals surface area contributed by atoms with E-state index < -0.39 is 5.41 Å². The number of ether oxygens (including phenoxy) is 1. The molecular weight excluding hydrogens is 889 g/mol. The zero-order chi connectivity index (χ0) is 51.7. The van der Waals surface area contributed by atoms with Gasteiger partial charge in [0.15, 0.2) is 0 Å². The molecule has 0 atom stereocenters. The number of pyridine rings is 1. The van der Waals surface area contributed by atoms with Crippen molar-refractivity contribution in [3.8, 4) is 39.8 Å². The average molecular weight is 959 g/mol. The zero-order valence-corrected chi connectivity index (χ0v) is 45.1. The molecule has 7 aromatic carbocycles. The van der Waals surface area contributed by atoms with Crippen molar-refractivity contribution in [1.29, 1.82) is 0 Å². The Labute approximate surface area is 433 Å². The van der Waals surface area contributed by atoms with E-state index in [4.69, 9.17) is 9.72 Å². The lowest BCUT2D eigenvalue weighted by Gasteiger charge is -2.30. The summed E-state index contributed by atoms with van der Waals surface area (Å²) in [5, 5.41) is 2.35. The van der Waals surface area contributed by atoms with Gasteiger partial charge in [-0.1, -0.05) is 193 Å². The molecule has 0 aliphatic rings. The smallest absolute Gasteiger partial charge is 0.269 e. The van der Waals surface area contributed by atoms with E-state index in [0.717, 1.165) is 61.9 Å². The molecule has 0 unspecified atom stereocenters. The number of rotatable bonds is 10. The number of hydrogen-bond acceptors (Lipinski definition) is 2. The molecule has 10 aromatic rings. The van der Waals surface area contributed by atoms with Gasteiger partial charge in [0.05, 0.1) is 28.1 Å². The summed E-state index contributed by atoms with van der Waals surface area (Å²) in [4.78, 5) is 5.01. The standard InChI is InChI=1S/C68H70N4O/c1-64(2,3)50-29-32-60-59(40-50)58-31-30-56(43-61(58)72(60)63-41-51(33-34-69-63)65(4,5)6)73-57-36-47(46-23-17-14-18-24-46)35-55(42-57)71-45-70(44-62(71)68(12,13)49-27-21-16-22-28-49)54-38-52(66(7,8)9)37-53(39-54)67(10,11)48-25-19-15-20-26-48/h14-44H,1-13H3. The van der Waals surface area contributed by atoms with Crippen LogP contribution in [0.4, 0.5) is 0 Å². The van der Waals surface area contributed by atoms with Crippen molar-refractivity contribution < 1.29 is 9.30 Å². The molecule has 0 bridgehead atoms. The van der Waals surface area contributed by atoms with Gasteiger partial charge in [-0.3, -0.25) is 13.7 Å². The fourth-order valence-corrected chi connectivity index (χ4v) is 10.2. The van der Waals surface area contributed by atoms with E-state index in [1.807, 2.05) is 6.20 Å². The summed E-state index contributed by atoms with van der Waals surface area (Å²) in [6.07, 6.45) is 8.14. The second-order valence-electron chi connectivity index (χ2n) is 24.2. The van der Waals surface area contributed by atoms with Crippen molar-refractivity contribution in [3.63, 3.8) is 0 Å². The highest BCUT2D eigenvalue weighted by molar-refractivity contribution is 6.09. The zero-order valence-electron chi connectivity index (χ0n) is 45.1. The summed E-state index contributed by atoms with van der Waals surface area (Å²) in [5.74, 6) is 2.34. The molecule has 0 aliphatic heterocycles. The Morgan fingerprint density at radius 1 is 0.438 bits per heavy atom. The first-order valence-corrected chi connectivity index (χ1v) is 25.8. The molecule has 368 valence electrons. The predicted octanol–water partition coefficient (Wildman–Crippen LogP) is 17.0. The Kier molecular flexibility index (Phi) is 12.2. The van der Waals surface area contributed by atoms with Gasteiger partial charge in [-0.2, -0.15) is 0 Å². The predicted molar refractivity (Wildman–Crippen MR) is 303 cm³/mol. The van der Waals surface area contributed by atoms with Crippen molar-refractivity contribution in [1.82, 2.24) is 14.1 Å². The van der Waals surface area contributed by atoms with Crippen LogP contribution in [-0.2, 0) is 27.1 Å². The molecule has 5 heteroatoms. The first-order valence-electron chi connectivity index (χ1n) is 25.8. The third-order valence-corrected chi connectivity index (χ3v) is 15.1. The van der Waals surface area contributed by atoms with Crippen LogP contribution in [0.15, 0.2) is 188 Å². The van der Waals surface area contributed by atoms with Crippen LogP contribution >= 0.6 is 0 Å². The van der Waals surface area contributed by atoms with E-state index in [9.17, 15) is 0 Å². The third-order valence-electron chi connectivity index (χ3n) is 15.1. The van der Waals surface area contributed by atoms with Crippen LogP contribution in [0.25, 0.3) is 50.1 Å². The van der Waals surface area contributed by atoms with E-state index in [1.165, 1.54) is 38.8 Å². The van der Waals surface area contributed by atoms with Crippen molar-refractivity contribution in [2.24, 2.45) is 0 Å². The Hall–Kier alpha value is -7.50. The van der Waals surface area contributed by atoms with E-state index in [0.29, 0.717) is 0 Å². The Morgan fingerprint density at radius 2 is 1.04 bits per heavy atom. The lowest BCUT2D eigenvalue weighted by atomic mass is 9.75. The summed E-state index contributed by atoms with van der Waals surface area (Å²) >= 11 is 0. The molecule has 3 aromatic heterocycles. The number of nitrogens with zero attached hydrogens (tertiary/aromatic N) is 4. The molecule has 0 spiro atoms. The van der Waals surface area contributed by atoms with Crippen LogP contribution in [-0.4, -0.2) is 14.1 Å². The Bertz CT molecular complexity index is 3630. The summed E-state index contributed by atoms with van der Waals surface area (Å²) in [7, 11) is 0. The molecule has 0 fully saturated rings. The van der Waals surface area contributed by atoms with Crippen LogP contribution in [0.3, 0.4) is 0 Å². The molecule has 0 amide bonds. The van der Waals surface area contributed by atoms with Crippen LogP contribution in [0.2, 0.25) is 0 Å². The molecule has 5 nitrogen and oxygen atoms in total. The van der Waals surface area contributed by atoms with Gasteiger partial charge in [-0.25, -0.2) is 4.98 Å². The SMILES string of the molecule is CC(C)(C)c1cc(-[n+]2[c-]n(-c3cc(Oc4ccc5c6cc(C(C)(C)C)ccc6n(-c6cc(C(C)(C)C)ccn6)c5c4)cc(-c4ccccc4)c3)c(C(C)(C)c3ccccc3)c2)cc(C(C)(C)c2ccccc2)c1. The molecule has 10 rings (SSSR count). The molecular formula is C68H70N4O. The number of fused-ring (bicyclic) bond motifs is 3. The van der Waals surface area contributed by atoms with E-state index in [-0.39, 0.29) is 21.7 Å². The minimum atomic E-state index is -0.426. The van der Waals surface area contributed by atoms with Crippen LogP contribution < -0.4 is 9.30 Å². The second kappa shape index (κ2) is 18.2. The van der Waals surface area contributed by atoms with Gasteiger partial charge >= 0.3 is 0 Å². The molecule has 0 N–H and O–H groups in total. The number of aromatic nitrogens is 4. The maximum Gasteiger partial charge on any atom is 0.269 e. The molecule has 0 saturated heterocycles. The Morgan fingerprint density at radius 3 is 1.68 bits per heavy atom. The average Bonchev–Trinajstić information content (AvgIpc) is 3.97. The largest absolute Gasteiger partial charge is 0.458 e. The molecule has 73 heavy (non-hydrogen) atoms. The number of hydrogen-bond donors (Lipinski definition) is 0. The summed E-state index contributed by atoms with van der Waals surface area (Å²) in [6, 6.07) is 63.7. The fraction of sp³-hybridized carbons (Fsp3) is 0.265. The van der Waals surface area contributed by atoms with Crippen LogP contribution in [0.5, 0.6) is 11.5 Å². The van der Waals surface area contributed by atoms with Gasteiger partial charge in [0.25, 0.3) is 6.33 Å². The number of benzene rings is 7. The van der Waals surface area contributed by atoms with Gasteiger partial charge < -0.3 is 4.74 Å². The van der Waals surface area contributed by atoms with E-state index >= 15 is 0 Å². The number of imidazole rings is 1. The van der Waals surface area contributed by atoms with E-state index in [1.54, 1.807) is 0 Å². The van der Waals surface area contributed by atoms with Gasteiger partial charge in [0.2, 0.25) is 0 Å². The lowest BCUT2D eigenvalue weighted by Crippen LogP contribution is -2.31. The topological polar surface area (TPSA) is 35.9 Å². The normalized spacial score (nSPS) is 12.7. The molecule has 0 radical (unpaired) electrons. The molecule has 3 heterocycles. The Balaban J connectivity index is 1.17. The van der Waals surface area contributed by atoms with Gasteiger partial charge in [0.1, 0.15) is 17.3 Å². The summed E-state index contributed by atoms with van der Waals surface area (Å²) in [5.41, 5.74) is 14.1. The summed E-state index contributed by atoms with van der Waals surface area (Å²) < 4.78 is 13.9. The lowest BCUT2D eigenvalue weighted by molar-refractivity contribution is -0.599. The molecule has 0 aliphatic carbocycles. The van der Waals surface area contributed by atoms with E-state index in [2.05, 4.69) is 292 Å². The van der Waals surface area contributed by atoms with Gasteiger partial charge in [0, 0.05) is 40.1 Å². The fourth-order valence-electron chi connectivity index (χ4n) is 10.2. The highest BCUT2D eigenvalue weighted by atomic mass is 16.5. The monoisotopic (exact) mass is 959 g/mol.